The molecule has 0 unspecified atom stereocenters. The Morgan fingerprint density at radius 1 is 1.50 bits per heavy atom. The maximum Gasteiger partial charge on any atom is 0.360 e. The summed E-state index contributed by atoms with van der Waals surface area (Å²) in [5, 5.41) is 11.6. The molecule has 0 atom stereocenters. The van der Waals surface area contributed by atoms with Gasteiger partial charge in [0.1, 0.15) is 5.75 Å². The van der Waals surface area contributed by atoms with Gasteiger partial charge >= 0.3 is 5.89 Å². The first-order chi connectivity index (χ1) is 7.26. The number of benzene rings is 1. The van der Waals surface area contributed by atoms with E-state index in [9.17, 15) is 5.21 Å². The number of nitrogens with two attached hydrogens (primary N) is 1. The molecule has 2 aromatic rings. The molecule has 1 heterocycles. The Hall–Kier alpha value is -1.46. The quantitative estimate of drug-likeness (QED) is 0.646. The Morgan fingerprint density at radius 3 is 2.88 bits per heavy atom. The highest BCUT2D eigenvalue weighted by Gasteiger charge is 2.17. The fourth-order valence-corrected chi connectivity index (χ4v) is 1.45. The van der Waals surface area contributed by atoms with Crippen molar-refractivity contribution >= 4 is 23.5 Å². The summed E-state index contributed by atoms with van der Waals surface area (Å²) in [4.78, 5) is 0. The average Bonchev–Trinajstić information content (AvgIpc) is 2.56. The van der Waals surface area contributed by atoms with E-state index in [2.05, 4.69) is 0 Å². The lowest BCUT2D eigenvalue weighted by atomic mass is 10.3. The van der Waals surface area contributed by atoms with Gasteiger partial charge in [-0.3, -0.25) is 0 Å². The molecule has 0 fully saturated rings. The Bertz CT molecular complexity index is 484. The van der Waals surface area contributed by atoms with Gasteiger partial charge in [0.2, 0.25) is 5.58 Å². The summed E-state index contributed by atoms with van der Waals surface area (Å²) in [6.45, 7) is 0.388. The van der Waals surface area contributed by atoms with Crippen LogP contribution in [0, 0.1) is 5.21 Å². The van der Waals surface area contributed by atoms with Crippen molar-refractivity contribution < 1.29 is 13.9 Å². The number of hydrogen-bond donors (Lipinski definition) is 1. The van der Waals surface area contributed by atoms with Gasteiger partial charge in [-0.25, -0.2) is 0 Å². The number of fused-ring (bicyclic) bond motifs is 1. The van der Waals surface area contributed by atoms with Crippen molar-refractivity contribution in [3.05, 3.63) is 29.3 Å². The second kappa shape index (κ2) is 5.05. The number of nitrogens with zero attached hydrogens (tertiary/aromatic N) is 1. The first-order valence-electron chi connectivity index (χ1n) is 4.65. The van der Waals surface area contributed by atoms with Gasteiger partial charge in [0.15, 0.2) is 0 Å². The first kappa shape index (κ1) is 12.6. The Morgan fingerprint density at radius 2 is 2.25 bits per heavy atom. The van der Waals surface area contributed by atoms with Gasteiger partial charge in [0.25, 0.3) is 5.52 Å². The summed E-state index contributed by atoms with van der Waals surface area (Å²) < 4.78 is 11.2. The molecule has 2 N–H and O–H groups in total. The zero-order chi connectivity index (χ0) is 10.8. The number of aromatic nitrogens is 1. The van der Waals surface area contributed by atoms with Crippen molar-refractivity contribution in [2.45, 2.75) is 6.42 Å². The van der Waals surface area contributed by atoms with Gasteiger partial charge in [0, 0.05) is 18.7 Å². The lowest BCUT2D eigenvalue weighted by Gasteiger charge is -1.96. The molecule has 5 nitrogen and oxygen atoms in total. The molecule has 0 amide bonds. The number of ether oxygens (including phenoxy) is 1. The summed E-state index contributed by atoms with van der Waals surface area (Å²) in [6, 6.07) is 5.08. The molecule has 6 heteroatoms. The van der Waals surface area contributed by atoms with E-state index in [1.807, 2.05) is 0 Å². The molecule has 0 saturated heterocycles. The highest BCUT2D eigenvalue weighted by molar-refractivity contribution is 5.85. The zero-order valence-electron chi connectivity index (χ0n) is 8.80. The summed E-state index contributed by atoms with van der Waals surface area (Å²) in [6.07, 6.45) is 0.431. The van der Waals surface area contributed by atoms with Crippen LogP contribution in [-0.4, -0.2) is 13.7 Å². The Kier molecular flexibility index (Phi) is 3.98. The van der Waals surface area contributed by atoms with Crippen molar-refractivity contribution in [3.63, 3.8) is 0 Å². The van der Waals surface area contributed by atoms with Crippen LogP contribution in [0.5, 0.6) is 5.75 Å². The van der Waals surface area contributed by atoms with Gasteiger partial charge in [-0.1, -0.05) is 0 Å². The molecule has 0 aliphatic heterocycles. The smallest absolute Gasteiger partial charge is 0.360 e. The van der Waals surface area contributed by atoms with Gasteiger partial charge in [-0.05, 0) is 6.07 Å². The fourth-order valence-electron chi connectivity index (χ4n) is 1.45. The monoisotopic (exact) mass is 244 g/mol. The first-order valence-corrected chi connectivity index (χ1v) is 4.65. The van der Waals surface area contributed by atoms with Crippen LogP contribution in [0.3, 0.4) is 0 Å². The van der Waals surface area contributed by atoms with E-state index in [0.29, 0.717) is 35.7 Å². The van der Waals surface area contributed by atoms with E-state index < -0.39 is 0 Å². The van der Waals surface area contributed by atoms with Gasteiger partial charge < -0.3 is 20.1 Å². The van der Waals surface area contributed by atoms with E-state index in [0.717, 1.165) is 4.73 Å². The summed E-state index contributed by atoms with van der Waals surface area (Å²) in [5.74, 6) is 0.997. The SMILES string of the molecule is COc1ccc2c(c1)oc(CCN)[n+]2[O-].Cl. The normalized spacial score (nSPS) is 10.1. The topological polar surface area (TPSA) is 75.3 Å². The largest absolute Gasteiger partial charge is 0.616 e. The van der Waals surface area contributed by atoms with Crippen LogP contribution in [0.25, 0.3) is 11.1 Å². The lowest BCUT2D eigenvalue weighted by molar-refractivity contribution is -0.592. The van der Waals surface area contributed by atoms with E-state index >= 15 is 0 Å². The van der Waals surface area contributed by atoms with E-state index in [1.54, 1.807) is 25.3 Å². The fraction of sp³-hybridized carbons (Fsp3) is 0.300. The molecular formula is C10H13ClN2O3. The molecular weight excluding hydrogens is 232 g/mol. The minimum atomic E-state index is 0. The van der Waals surface area contributed by atoms with Crippen molar-refractivity contribution in [1.82, 2.24) is 0 Å². The predicted molar refractivity (Wildman–Crippen MR) is 61.7 cm³/mol. The highest BCUT2D eigenvalue weighted by atomic mass is 35.5. The van der Waals surface area contributed by atoms with Crippen molar-refractivity contribution in [2.75, 3.05) is 13.7 Å². The van der Waals surface area contributed by atoms with E-state index in [-0.39, 0.29) is 12.4 Å². The van der Waals surface area contributed by atoms with Crippen LogP contribution in [0.15, 0.2) is 22.6 Å². The van der Waals surface area contributed by atoms with Crippen molar-refractivity contribution in [1.29, 1.82) is 0 Å². The molecule has 0 radical (unpaired) electrons. The van der Waals surface area contributed by atoms with Crippen LogP contribution < -0.4 is 15.2 Å². The minimum absolute atomic E-state index is 0. The highest BCUT2D eigenvalue weighted by Crippen LogP contribution is 2.20. The number of hydrogen-bond acceptors (Lipinski definition) is 4. The third-order valence-electron chi connectivity index (χ3n) is 2.20. The van der Waals surface area contributed by atoms with E-state index in [4.69, 9.17) is 14.9 Å². The van der Waals surface area contributed by atoms with Crippen LogP contribution in [0.2, 0.25) is 0 Å². The predicted octanol–water partition coefficient (Wildman–Crippen LogP) is 0.998. The Labute approximate surface area is 98.8 Å². The van der Waals surface area contributed by atoms with E-state index in [1.165, 1.54) is 0 Å². The standard InChI is InChI=1S/C10H12N2O3.ClH/c1-14-7-2-3-8-9(6-7)15-10(4-5-11)12(8)13;/h2-3,6H,4-5,11H2,1H3;1H. The van der Waals surface area contributed by atoms with Crippen LogP contribution in [-0.2, 0) is 6.42 Å². The number of rotatable bonds is 3. The molecule has 16 heavy (non-hydrogen) atoms. The molecule has 88 valence electrons. The van der Waals surface area contributed by atoms with Crippen LogP contribution >= 0.6 is 12.4 Å². The molecule has 0 aliphatic carbocycles. The molecule has 0 bridgehead atoms. The van der Waals surface area contributed by atoms with Gasteiger partial charge in [0.05, 0.1) is 13.5 Å². The maximum atomic E-state index is 11.6. The summed E-state index contributed by atoms with van der Waals surface area (Å²) in [7, 11) is 1.57. The molecule has 1 aromatic carbocycles. The summed E-state index contributed by atoms with van der Waals surface area (Å²) >= 11 is 0. The number of halogens is 1. The lowest BCUT2D eigenvalue weighted by Crippen LogP contribution is -2.30. The van der Waals surface area contributed by atoms with Gasteiger partial charge in [-0.15, -0.1) is 17.1 Å². The zero-order valence-corrected chi connectivity index (χ0v) is 9.62. The van der Waals surface area contributed by atoms with Crippen molar-refractivity contribution in [3.8, 4) is 5.75 Å². The van der Waals surface area contributed by atoms with Crippen LogP contribution in [0.1, 0.15) is 5.89 Å². The molecule has 2 rings (SSSR count). The summed E-state index contributed by atoms with van der Waals surface area (Å²) in [5.41, 5.74) is 6.39. The maximum absolute atomic E-state index is 11.6. The molecule has 0 aliphatic rings. The number of oxazole rings is 1. The molecule has 0 spiro atoms. The third-order valence-corrected chi connectivity index (χ3v) is 2.20. The van der Waals surface area contributed by atoms with Gasteiger partial charge in [-0.2, -0.15) is 0 Å². The Balaban J connectivity index is 0.00000128. The second-order valence-electron chi connectivity index (χ2n) is 3.16. The molecule has 1 aromatic heterocycles. The molecule has 0 saturated carbocycles. The van der Waals surface area contributed by atoms with Crippen LogP contribution in [0.4, 0.5) is 0 Å². The average molecular weight is 245 g/mol. The third kappa shape index (κ3) is 2.05. The second-order valence-corrected chi connectivity index (χ2v) is 3.16. The van der Waals surface area contributed by atoms with Crippen molar-refractivity contribution in [2.24, 2.45) is 5.73 Å². The minimum Gasteiger partial charge on any atom is -0.616 e. The number of methoxy groups -OCH3 is 1.